The molecule has 0 spiro atoms. The highest BCUT2D eigenvalue weighted by atomic mass is 16.2. The summed E-state index contributed by atoms with van der Waals surface area (Å²) in [6.45, 7) is 3.55. The van der Waals surface area contributed by atoms with Crippen molar-refractivity contribution in [2.45, 2.75) is 19.8 Å². The first-order valence-electron chi connectivity index (χ1n) is 9.51. The summed E-state index contributed by atoms with van der Waals surface area (Å²) < 4.78 is 0. The summed E-state index contributed by atoms with van der Waals surface area (Å²) in [7, 11) is 1.45. The van der Waals surface area contributed by atoms with E-state index in [9.17, 15) is 14.4 Å². The van der Waals surface area contributed by atoms with E-state index in [1.807, 2.05) is 25.1 Å². The van der Waals surface area contributed by atoms with Gasteiger partial charge in [-0.1, -0.05) is 12.1 Å². The highest BCUT2D eigenvalue weighted by Crippen LogP contribution is 2.32. The Balaban J connectivity index is 1.58. The van der Waals surface area contributed by atoms with Gasteiger partial charge < -0.3 is 5.32 Å². The summed E-state index contributed by atoms with van der Waals surface area (Å²) in [5.74, 6) is -1.27. The van der Waals surface area contributed by atoms with Crippen LogP contribution in [0.4, 0.5) is 5.82 Å². The molecule has 2 aromatic heterocycles. The van der Waals surface area contributed by atoms with Crippen LogP contribution in [0.2, 0.25) is 0 Å². The highest BCUT2D eigenvalue weighted by molar-refractivity contribution is 6.22. The number of hydrogen-bond donors (Lipinski definition) is 1. The Morgan fingerprint density at radius 3 is 2.50 bits per heavy atom. The SMILES string of the molecule is Cc1cc2c(c([C@H](C)C(=O)Nc3ccc(-c4cccnc4)cn3)c1)C(=O)N(C)C2=O. The lowest BCUT2D eigenvalue weighted by Crippen LogP contribution is -2.25. The summed E-state index contributed by atoms with van der Waals surface area (Å²) in [6.07, 6.45) is 5.11. The first kappa shape index (κ1) is 19.4. The molecule has 0 radical (unpaired) electrons. The standard InChI is InChI=1S/C23H20N4O3/c1-13-9-17(20-18(10-13)22(29)27(3)23(20)30)14(2)21(28)26-19-7-6-16(12-25-19)15-5-4-8-24-11-15/h4-12,14H,1-3H3,(H,25,26,28)/t14-/m0/s1. The van der Waals surface area contributed by atoms with Gasteiger partial charge in [0, 0.05) is 36.8 Å². The van der Waals surface area contributed by atoms with Crippen LogP contribution in [0.25, 0.3) is 11.1 Å². The number of imide groups is 1. The van der Waals surface area contributed by atoms with E-state index in [0.29, 0.717) is 22.5 Å². The Hall–Kier alpha value is -3.87. The second-order valence-electron chi connectivity index (χ2n) is 7.33. The summed E-state index contributed by atoms with van der Waals surface area (Å²) >= 11 is 0. The molecule has 3 amide bonds. The van der Waals surface area contributed by atoms with Gasteiger partial charge in [0.1, 0.15) is 5.82 Å². The lowest BCUT2D eigenvalue weighted by molar-refractivity contribution is -0.117. The number of aryl methyl sites for hydroxylation is 1. The number of carbonyl (C=O) groups is 3. The summed E-state index contributed by atoms with van der Waals surface area (Å²) in [4.78, 5) is 47.2. The van der Waals surface area contributed by atoms with Crippen LogP contribution in [-0.4, -0.2) is 39.6 Å². The molecule has 0 bridgehead atoms. The third-order valence-corrected chi connectivity index (χ3v) is 5.24. The second kappa shape index (κ2) is 7.51. The third-order valence-electron chi connectivity index (χ3n) is 5.24. The molecule has 3 aromatic rings. The maximum atomic E-state index is 12.9. The highest BCUT2D eigenvalue weighted by Gasteiger charge is 2.37. The Bertz CT molecular complexity index is 1160. The molecule has 0 fully saturated rings. The van der Waals surface area contributed by atoms with E-state index in [1.165, 1.54) is 7.05 Å². The zero-order chi connectivity index (χ0) is 21.4. The van der Waals surface area contributed by atoms with Crippen molar-refractivity contribution in [2.75, 3.05) is 12.4 Å². The van der Waals surface area contributed by atoms with Gasteiger partial charge >= 0.3 is 0 Å². The molecule has 7 nitrogen and oxygen atoms in total. The summed E-state index contributed by atoms with van der Waals surface area (Å²) in [6, 6.07) is 10.8. The zero-order valence-electron chi connectivity index (χ0n) is 16.8. The quantitative estimate of drug-likeness (QED) is 0.678. The van der Waals surface area contributed by atoms with Crippen LogP contribution in [0.1, 0.15) is 44.7 Å². The Morgan fingerprint density at radius 1 is 1.07 bits per heavy atom. The fourth-order valence-electron chi connectivity index (χ4n) is 3.55. The van der Waals surface area contributed by atoms with Gasteiger partial charge in [0.2, 0.25) is 5.91 Å². The van der Waals surface area contributed by atoms with E-state index in [4.69, 9.17) is 0 Å². The van der Waals surface area contributed by atoms with Gasteiger partial charge in [0.25, 0.3) is 11.8 Å². The van der Waals surface area contributed by atoms with Crippen molar-refractivity contribution in [1.82, 2.24) is 14.9 Å². The molecule has 0 saturated carbocycles. The maximum Gasteiger partial charge on any atom is 0.261 e. The minimum atomic E-state index is -0.637. The molecule has 1 aliphatic heterocycles. The van der Waals surface area contributed by atoms with Gasteiger partial charge in [0.05, 0.1) is 17.0 Å². The van der Waals surface area contributed by atoms with Crippen LogP contribution in [0, 0.1) is 6.92 Å². The van der Waals surface area contributed by atoms with Crippen molar-refractivity contribution in [3.63, 3.8) is 0 Å². The minimum absolute atomic E-state index is 0.302. The van der Waals surface area contributed by atoms with Crippen LogP contribution in [0.3, 0.4) is 0 Å². The molecule has 7 heteroatoms. The van der Waals surface area contributed by atoms with Gasteiger partial charge in [0.15, 0.2) is 0 Å². The van der Waals surface area contributed by atoms with Crippen molar-refractivity contribution in [2.24, 2.45) is 0 Å². The number of rotatable bonds is 4. The normalized spacial score (nSPS) is 13.9. The predicted molar refractivity (Wildman–Crippen MR) is 112 cm³/mol. The molecule has 1 atom stereocenters. The molecule has 1 aromatic carbocycles. The first-order chi connectivity index (χ1) is 14.4. The molecule has 0 aliphatic carbocycles. The minimum Gasteiger partial charge on any atom is -0.310 e. The van der Waals surface area contributed by atoms with E-state index >= 15 is 0 Å². The molecular weight excluding hydrogens is 380 g/mol. The van der Waals surface area contributed by atoms with Crippen molar-refractivity contribution in [3.8, 4) is 11.1 Å². The Morgan fingerprint density at radius 2 is 1.83 bits per heavy atom. The fraction of sp³-hybridized carbons (Fsp3) is 0.174. The third kappa shape index (κ3) is 3.34. The number of pyridine rings is 2. The topological polar surface area (TPSA) is 92.3 Å². The second-order valence-corrected chi connectivity index (χ2v) is 7.33. The summed E-state index contributed by atoms with van der Waals surface area (Å²) in [5.41, 5.74) is 3.82. The monoisotopic (exact) mass is 400 g/mol. The Labute approximate surface area is 173 Å². The van der Waals surface area contributed by atoms with Gasteiger partial charge in [-0.3, -0.25) is 24.3 Å². The van der Waals surface area contributed by atoms with E-state index in [0.717, 1.165) is 21.6 Å². The van der Waals surface area contributed by atoms with Gasteiger partial charge in [-0.05, 0) is 49.2 Å². The number of nitrogens with zero attached hydrogens (tertiary/aromatic N) is 3. The molecule has 1 aliphatic rings. The van der Waals surface area contributed by atoms with Crippen molar-refractivity contribution in [3.05, 3.63) is 77.2 Å². The Kier molecular flexibility index (Phi) is 4.87. The molecule has 30 heavy (non-hydrogen) atoms. The van der Waals surface area contributed by atoms with Crippen LogP contribution < -0.4 is 5.32 Å². The molecule has 0 unspecified atom stereocenters. The van der Waals surface area contributed by atoms with Crippen molar-refractivity contribution >= 4 is 23.5 Å². The summed E-state index contributed by atoms with van der Waals surface area (Å²) in [5, 5.41) is 2.79. The molecule has 3 heterocycles. The van der Waals surface area contributed by atoms with Crippen LogP contribution >= 0.6 is 0 Å². The van der Waals surface area contributed by atoms with Gasteiger partial charge in [-0.2, -0.15) is 0 Å². The molecule has 150 valence electrons. The number of hydrogen-bond acceptors (Lipinski definition) is 5. The number of carbonyl (C=O) groups excluding carboxylic acids is 3. The predicted octanol–water partition coefficient (Wildman–Crippen LogP) is 3.42. The maximum absolute atomic E-state index is 12.9. The van der Waals surface area contributed by atoms with Crippen molar-refractivity contribution < 1.29 is 14.4 Å². The lowest BCUT2D eigenvalue weighted by Gasteiger charge is -2.16. The molecule has 0 saturated heterocycles. The molecule has 4 rings (SSSR count). The van der Waals surface area contributed by atoms with E-state index in [1.54, 1.807) is 43.7 Å². The first-order valence-corrected chi connectivity index (χ1v) is 9.51. The molecule has 1 N–H and O–H groups in total. The number of fused-ring (bicyclic) bond motifs is 1. The van der Waals surface area contributed by atoms with Gasteiger partial charge in [-0.15, -0.1) is 0 Å². The number of anilines is 1. The average molecular weight is 400 g/mol. The van der Waals surface area contributed by atoms with E-state index < -0.39 is 5.92 Å². The largest absolute Gasteiger partial charge is 0.310 e. The number of benzene rings is 1. The number of amides is 3. The van der Waals surface area contributed by atoms with Crippen LogP contribution in [0.5, 0.6) is 0 Å². The number of aromatic nitrogens is 2. The smallest absolute Gasteiger partial charge is 0.261 e. The van der Waals surface area contributed by atoms with Crippen LogP contribution in [-0.2, 0) is 4.79 Å². The number of nitrogens with one attached hydrogen (secondary N) is 1. The van der Waals surface area contributed by atoms with E-state index in [-0.39, 0.29) is 17.7 Å². The van der Waals surface area contributed by atoms with Gasteiger partial charge in [-0.25, -0.2) is 4.98 Å². The zero-order valence-corrected chi connectivity index (χ0v) is 16.8. The fourth-order valence-corrected chi connectivity index (χ4v) is 3.55. The van der Waals surface area contributed by atoms with E-state index in [2.05, 4.69) is 15.3 Å². The molecular formula is C23H20N4O3. The van der Waals surface area contributed by atoms with Crippen LogP contribution in [0.15, 0.2) is 55.0 Å². The average Bonchev–Trinajstić information content (AvgIpc) is 2.97. The van der Waals surface area contributed by atoms with Crippen molar-refractivity contribution in [1.29, 1.82) is 0 Å². The lowest BCUT2D eigenvalue weighted by atomic mass is 9.90.